The van der Waals surface area contributed by atoms with Gasteiger partial charge >= 0.3 is 11.9 Å². The molecule has 0 aromatic carbocycles. The van der Waals surface area contributed by atoms with Crippen LogP contribution in [0.25, 0.3) is 0 Å². The Morgan fingerprint density at radius 2 is 0.681 bits per heavy atom. The molecule has 0 aromatic heterocycles. The van der Waals surface area contributed by atoms with Crippen molar-refractivity contribution in [3.8, 4) is 0 Å². The molecule has 0 rings (SSSR count). The summed E-state index contributed by atoms with van der Waals surface area (Å²) in [5.74, 6) is -0.745. The van der Waals surface area contributed by atoms with Gasteiger partial charge in [0.2, 0.25) is 0 Å². The van der Waals surface area contributed by atoms with Crippen molar-refractivity contribution in [2.45, 2.75) is 244 Å². The number of aliphatic hydroxyl groups is 2. The van der Waals surface area contributed by atoms with Crippen LogP contribution < -0.4 is 0 Å². The molecule has 0 aliphatic carbocycles. The molecule has 0 aliphatic rings. The Kier molecular flexibility index (Phi) is 41.9. The summed E-state index contributed by atoms with van der Waals surface area (Å²) in [7, 11) is 1.46. The molecule has 282 valence electrons. The second-order valence-corrected chi connectivity index (χ2v) is 14.1. The largest absolute Gasteiger partial charge is 0.481 e. The Morgan fingerprint density at radius 1 is 0.426 bits per heavy atom. The van der Waals surface area contributed by atoms with E-state index in [1.54, 1.807) is 0 Å². The van der Waals surface area contributed by atoms with Crippen LogP contribution in [0.2, 0.25) is 0 Å². The molecule has 0 radical (unpaired) electrons. The molecule has 0 spiro atoms. The summed E-state index contributed by atoms with van der Waals surface area (Å²) in [6.45, 7) is 4.35. The summed E-state index contributed by atoms with van der Waals surface area (Å²) in [6, 6.07) is 0. The van der Waals surface area contributed by atoms with Gasteiger partial charge in [0.25, 0.3) is 0 Å². The molecular weight excluding hydrogens is 588 g/mol. The van der Waals surface area contributed by atoms with Gasteiger partial charge in [0.15, 0.2) is 0 Å². The maximum atomic E-state index is 11.0. The van der Waals surface area contributed by atoms with Gasteiger partial charge in [0.1, 0.15) is 0 Å². The number of unbranched alkanes of at least 4 members (excludes halogenated alkanes) is 24. The quantitative estimate of drug-likeness (QED) is 0.0452. The fraction of sp³-hybridized carbons (Fsp3) is 0.951. The molecular formula is C41H82O6. The van der Waals surface area contributed by atoms with Crippen LogP contribution in [0.4, 0.5) is 0 Å². The van der Waals surface area contributed by atoms with Crippen LogP contribution in [0.5, 0.6) is 0 Å². The highest BCUT2D eigenvalue weighted by molar-refractivity contribution is 5.69. The van der Waals surface area contributed by atoms with Crippen molar-refractivity contribution >= 4 is 11.9 Å². The van der Waals surface area contributed by atoms with E-state index in [0.717, 1.165) is 64.2 Å². The summed E-state index contributed by atoms with van der Waals surface area (Å²) in [5.41, 5.74) is 0. The van der Waals surface area contributed by atoms with Crippen molar-refractivity contribution in [3.05, 3.63) is 0 Å². The standard InChI is InChI=1S/C21H42O3.C20H40O3/c1-3-4-17-20(22)18-15-13-11-9-7-5-6-8-10-12-14-16-19-21(23)24-2;1-2-3-16-19(21)17-14-12-10-8-6-4-5-7-9-11-13-15-18-20(22)23/h20,22H,3-19H2,1-2H3;19,21H,2-18H2,1H3,(H,22,23)/t20-;19-/m11/s1. The molecule has 0 heterocycles. The number of ether oxygens (including phenoxy) is 1. The molecule has 2 atom stereocenters. The van der Waals surface area contributed by atoms with E-state index in [-0.39, 0.29) is 18.2 Å². The number of carboxylic acid groups (broad SMARTS) is 1. The van der Waals surface area contributed by atoms with Crippen molar-refractivity contribution in [2.75, 3.05) is 7.11 Å². The Labute approximate surface area is 292 Å². The minimum absolute atomic E-state index is 0.0578. The third-order valence-electron chi connectivity index (χ3n) is 9.36. The second kappa shape index (κ2) is 41.0. The van der Waals surface area contributed by atoms with E-state index >= 15 is 0 Å². The average molecular weight is 671 g/mol. The molecule has 6 nitrogen and oxygen atoms in total. The van der Waals surface area contributed by atoms with Crippen molar-refractivity contribution in [3.63, 3.8) is 0 Å². The van der Waals surface area contributed by atoms with Crippen LogP contribution >= 0.6 is 0 Å². The lowest BCUT2D eigenvalue weighted by Gasteiger charge is -2.09. The molecule has 0 saturated heterocycles. The number of carboxylic acids is 1. The average Bonchev–Trinajstić information content (AvgIpc) is 3.06. The van der Waals surface area contributed by atoms with Crippen LogP contribution in [0, 0.1) is 0 Å². The van der Waals surface area contributed by atoms with Crippen LogP contribution in [-0.2, 0) is 14.3 Å². The fourth-order valence-electron chi connectivity index (χ4n) is 6.11. The lowest BCUT2D eigenvalue weighted by Crippen LogP contribution is -2.05. The van der Waals surface area contributed by atoms with Gasteiger partial charge in [0, 0.05) is 12.8 Å². The SMILES string of the molecule is CCCC[C@@H](O)CCCCCCCCCCCCCCC(=O)O.CCCC[C@@H](O)CCCCCCCCCCCCCCC(=O)OC. The molecule has 0 aromatic rings. The Hall–Kier alpha value is -1.14. The van der Waals surface area contributed by atoms with E-state index < -0.39 is 5.97 Å². The van der Waals surface area contributed by atoms with E-state index in [0.29, 0.717) is 12.8 Å². The Balaban J connectivity index is 0. The van der Waals surface area contributed by atoms with Crippen LogP contribution in [-0.4, -0.2) is 46.6 Å². The van der Waals surface area contributed by atoms with Crippen molar-refractivity contribution in [2.24, 2.45) is 0 Å². The number of carbonyl (C=O) groups is 2. The number of aliphatic hydroxyl groups excluding tert-OH is 2. The first-order valence-electron chi connectivity index (χ1n) is 20.5. The Morgan fingerprint density at radius 3 is 0.957 bits per heavy atom. The Bertz CT molecular complexity index is 625. The zero-order valence-corrected chi connectivity index (χ0v) is 31.8. The highest BCUT2D eigenvalue weighted by Crippen LogP contribution is 2.16. The fourth-order valence-corrected chi connectivity index (χ4v) is 6.11. The summed E-state index contributed by atoms with van der Waals surface area (Å²) < 4.78 is 4.63. The molecule has 6 heteroatoms. The number of hydrogen-bond donors (Lipinski definition) is 3. The van der Waals surface area contributed by atoms with Gasteiger partial charge in [-0.05, 0) is 38.5 Å². The first kappa shape index (κ1) is 48.0. The predicted molar refractivity (Wildman–Crippen MR) is 200 cm³/mol. The van der Waals surface area contributed by atoms with E-state index in [1.807, 2.05) is 0 Å². The lowest BCUT2D eigenvalue weighted by atomic mass is 10.0. The maximum absolute atomic E-state index is 11.0. The highest BCUT2D eigenvalue weighted by atomic mass is 16.5. The summed E-state index contributed by atoms with van der Waals surface area (Å²) in [6.07, 6.45) is 39.4. The monoisotopic (exact) mass is 671 g/mol. The van der Waals surface area contributed by atoms with Gasteiger partial charge in [-0.1, -0.05) is 181 Å². The zero-order valence-electron chi connectivity index (χ0n) is 31.8. The first-order valence-corrected chi connectivity index (χ1v) is 20.5. The van der Waals surface area contributed by atoms with E-state index in [9.17, 15) is 19.8 Å². The van der Waals surface area contributed by atoms with Gasteiger partial charge < -0.3 is 20.1 Å². The number of methoxy groups -OCH3 is 1. The number of esters is 1. The normalized spacial score (nSPS) is 12.4. The second-order valence-electron chi connectivity index (χ2n) is 14.1. The number of hydrogen-bond acceptors (Lipinski definition) is 5. The minimum Gasteiger partial charge on any atom is -0.481 e. The van der Waals surface area contributed by atoms with Gasteiger partial charge in [0.05, 0.1) is 19.3 Å². The lowest BCUT2D eigenvalue weighted by molar-refractivity contribution is -0.141. The topological polar surface area (TPSA) is 104 Å². The number of aliphatic carboxylic acids is 1. The molecule has 0 aliphatic heterocycles. The molecule has 47 heavy (non-hydrogen) atoms. The molecule has 0 saturated carbocycles. The molecule has 0 bridgehead atoms. The van der Waals surface area contributed by atoms with Crippen LogP contribution in [0.3, 0.4) is 0 Å². The van der Waals surface area contributed by atoms with Crippen LogP contribution in [0.1, 0.15) is 232 Å². The minimum atomic E-state index is -0.666. The van der Waals surface area contributed by atoms with Gasteiger partial charge in [-0.3, -0.25) is 9.59 Å². The van der Waals surface area contributed by atoms with E-state index in [4.69, 9.17) is 5.11 Å². The summed E-state index contributed by atoms with van der Waals surface area (Å²) in [4.78, 5) is 21.3. The van der Waals surface area contributed by atoms with E-state index in [2.05, 4.69) is 18.6 Å². The van der Waals surface area contributed by atoms with Crippen LogP contribution in [0.15, 0.2) is 0 Å². The van der Waals surface area contributed by atoms with Gasteiger partial charge in [-0.2, -0.15) is 0 Å². The summed E-state index contributed by atoms with van der Waals surface area (Å²) in [5, 5.41) is 28.1. The number of carbonyl (C=O) groups excluding carboxylic acids is 1. The third-order valence-corrected chi connectivity index (χ3v) is 9.36. The van der Waals surface area contributed by atoms with Crippen molar-refractivity contribution in [1.82, 2.24) is 0 Å². The molecule has 0 amide bonds. The summed E-state index contributed by atoms with van der Waals surface area (Å²) >= 11 is 0. The van der Waals surface area contributed by atoms with Crippen molar-refractivity contribution < 1.29 is 29.6 Å². The molecule has 3 N–H and O–H groups in total. The maximum Gasteiger partial charge on any atom is 0.305 e. The highest BCUT2D eigenvalue weighted by Gasteiger charge is 2.04. The van der Waals surface area contributed by atoms with Gasteiger partial charge in [-0.15, -0.1) is 0 Å². The number of rotatable bonds is 36. The first-order chi connectivity index (χ1) is 22.9. The molecule has 0 unspecified atom stereocenters. The molecule has 0 fully saturated rings. The van der Waals surface area contributed by atoms with E-state index in [1.165, 1.54) is 148 Å². The third kappa shape index (κ3) is 44.9. The predicted octanol–water partition coefficient (Wildman–Crippen LogP) is 12.3. The smallest absolute Gasteiger partial charge is 0.305 e. The zero-order chi connectivity index (χ0) is 35.1. The van der Waals surface area contributed by atoms with Crippen molar-refractivity contribution in [1.29, 1.82) is 0 Å². The van der Waals surface area contributed by atoms with Gasteiger partial charge in [-0.25, -0.2) is 0 Å².